The lowest BCUT2D eigenvalue weighted by Gasteiger charge is -2.19. The maximum absolute atomic E-state index is 12.0. The van der Waals surface area contributed by atoms with E-state index in [-0.39, 0.29) is 5.41 Å². The van der Waals surface area contributed by atoms with E-state index >= 15 is 0 Å². The lowest BCUT2D eigenvalue weighted by Crippen LogP contribution is -2.10. The van der Waals surface area contributed by atoms with Gasteiger partial charge in [0.25, 0.3) is 0 Å². The predicted octanol–water partition coefficient (Wildman–Crippen LogP) is 5.24. The molecule has 1 aliphatic rings. The number of ketones is 1. The average molecular weight is 278 g/mol. The van der Waals surface area contributed by atoms with Gasteiger partial charge >= 0.3 is 0 Å². The Morgan fingerprint density at radius 2 is 1.33 bits per heavy atom. The van der Waals surface area contributed by atoms with Gasteiger partial charge in [0.15, 0.2) is 5.78 Å². The van der Waals surface area contributed by atoms with Crippen molar-refractivity contribution in [2.75, 3.05) is 0 Å². The Labute approximate surface area is 127 Å². The summed E-state index contributed by atoms with van der Waals surface area (Å²) >= 11 is 0. The van der Waals surface area contributed by atoms with E-state index in [2.05, 4.69) is 57.2 Å². The van der Waals surface area contributed by atoms with Crippen LogP contribution < -0.4 is 0 Å². The summed E-state index contributed by atoms with van der Waals surface area (Å²) in [5.41, 5.74) is 4.74. The van der Waals surface area contributed by atoms with Gasteiger partial charge in [0, 0.05) is 11.5 Å². The van der Waals surface area contributed by atoms with Crippen molar-refractivity contribution >= 4 is 5.78 Å². The normalized spacial score (nSPS) is 15.0. The van der Waals surface area contributed by atoms with Crippen molar-refractivity contribution in [2.24, 2.45) is 5.92 Å². The molecule has 0 atom stereocenters. The molecule has 1 saturated carbocycles. The van der Waals surface area contributed by atoms with Crippen molar-refractivity contribution in [3.63, 3.8) is 0 Å². The SMILES string of the molecule is CC(C)(C)c1ccc(-c2ccc(C(=O)C3CC3)cc2)cc1. The van der Waals surface area contributed by atoms with E-state index in [4.69, 9.17) is 0 Å². The molecule has 0 amide bonds. The number of rotatable bonds is 3. The topological polar surface area (TPSA) is 17.1 Å². The van der Waals surface area contributed by atoms with Gasteiger partial charge in [-0.1, -0.05) is 69.3 Å². The molecule has 1 aliphatic carbocycles. The lowest BCUT2D eigenvalue weighted by molar-refractivity contribution is 0.0967. The molecule has 3 rings (SSSR count). The molecule has 1 heteroatoms. The van der Waals surface area contributed by atoms with E-state index in [0.717, 1.165) is 18.4 Å². The first kappa shape index (κ1) is 14.1. The van der Waals surface area contributed by atoms with Crippen molar-refractivity contribution < 1.29 is 4.79 Å². The molecule has 0 radical (unpaired) electrons. The maximum Gasteiger partial charge on any atom is 0.165 e. The number of Topliss-reactive ketones (excluding diaryl/α,β-unsaturated/α-hetero) is 1. The largest absolute Gasteiger partial charge is 0.294 e. The van der Waals surface area contributed by atoms with Crippen LogP contribution in [-0.2, 0) is 5.41 Å². The van der Waals surface area contributed by atoms with Gasteiger partial charge in [0.1, 0.15) is 0 Å². The second-order valence-corrected chi connectivity index (χ2v) is 7.04. The molecule has 1 fully saturated rings. The van der Waals surface area contributed by atoms with Crippen molar-refractivity contribution in [3.05, 3.63) is 59.7 Å². The summed E-state index contributed by atoms with van der Waals surface area (Å²) in [5, 5.41) is 0. The second kappa shape index (κ2) is 5.14. The first-order valence-electron chi connectivity index (χ1n) is 7.70. The molecule has 0 heterocycles. The number of carbonyl (C=O) groups is 1. The zero-order chi connectivity index (χ0) is 15.0. The first-order valence-corrected chi connectivity index (χ1v) is 7.70. The van der Waals surface area contributed by atoms with Gasteiger partial charge < -0.3 is 0 Å². The Kier molecular flexibility index (Phi) is 3.44. The summed E-state index contributed by atoms with van der Waals surface area (Å²) in [5.74, 6) is 0.603. The minimum atomic E-state index is 0.180. The Balaban J connectivity index is 1.82. The Bertz CT molecular complexity index is 638. The van der Waals surface area contributed by atoms with Crippen LogP contribution in [0, 0.1) is 5.92 Å². The van der Waals surface area contributed by atoms with E-state index in [0.29, 0.717) is 11.7 Å². The zero-order valence-corrected chi connectivity index (χ0v) is 13.0. The third-order valence-electron chi connectivity index (χ3n) is 4.20. The molecule has 2 aromatic rings. The molecular weight excluding hydrogens is 256 g/mol. The molecule has 0 unspecified atom stereocenters. The smallest absolute Gasteiger partial charge is 0.165 e. The van der Waals surface area contributed by atoms with E-state index in [9.17, 15) is 4.79 Å². The van der Waals surface area contributed by atoms with Crippen LogP contribution >= 0.6 is 0 Å². The molecule has 0 aromatic heterocycles. The molecule has 0 spiro atoms. The molecule has 0 N–H and O–H groups in total. The molecule has 0 bridgehead atoms. The summed E-state index contributed by atoms with van der Waals surface area (Å²) < 4.78 is 0. The van der Waals surface area contributed by atoms with E-state index in [1.54, 1.807) is 0 Å². The third-order valence-corrected chi connectivity index (χ3v) is 4.20. The van der Waals surface area contributed by atoms with Crippen LogP contribution in [0.4, 0.5) is 0 Å². The van der Waals surface area contributed by atoms with Crippen molar-refractivity contribution in [2.45, 2.75) is 39.0 Å². The monoisotopic (exact) mass is 278 g/mol. The highest BCUT2D eigenvalue weighted by Crippen LogP contribution is 2.33. The molecule has 0 saturated heterocycles. The van der Waals surface area contributed by atoms with Gasteiger partial charge in [-0.2, -0.15) is 0 Å². The molecule has 2 aromatic carbocycles. The molecule has 0 aliphatic heterocycles. The summed E-state index contributed by atoms with van der Waals surface area (Å²) in [6.45, 7) is 6.67. The minimum absolute atomic E-state index is 0.180. The van der Waals surface area contributed by atoms with Crippen LogP contribution in [0.3, 0.4) is 0 Å². The lowest BCUT2D eigenvalue weighted by atomic mass is 9.86. The Morgan fingerprint density at radius 3 is 1.76 bits per heavy atom. The highest BCUT2D eigenvalue weighted by Gasteiger charge is 2.30. The quantitative estimate of drug-likeness (QED) is 0.701. The summed E-state index contributed by atoms with van der Waals surface area (Å²) in [6.07, 6.45) is 2.13. The van der Waals surface area contributed by atoms with E-state index in [1.165, 1.54) is 16.7 Å². The molecule has 108 valence electrons. The van der Waals surface area contributed by atoms with Gasteiger partial charge in [-0.05, 0) is 34.9 Å². The van der Waals surface area contributed by atoms with Gasteiger partial charge in [-0.3, -0.25) is 4.79 Å². The fourth-order valence-corrected chi connectivity index (χ4v) is 2.57. The minimum Gasteiger partial charge on any atom is -0.294 e. The first-order chi connectivity index (χ1) is 9.95. The highest BCUT2D eigenvalue weighted by molar-refractivity contribution is 5.99. The fraction of sp³-hybridized carbons (Fsp3) is 0.350. The van der Waals surface area contributed by atoms with Crippen LogP contribution in [-0.4, -0.2) is 5.78 Å². The number of hydrogen-bond donors (Lipinski definition) is 0. The zero-order valence-electron chi connectivity index (χ0n) is 13.0. The van der Waals surface area contributed by atoms with Crippen LogP contribution in [0.25, 0.3) is 11.1 Å². The summed E-state index contributed by atoms with van der Waals surface area (Å²) in [4.78, 5) is 12.0. The number of carbonyl (C=O) groups excluding carboxylic acids is 1. The van der Waals surface area contributed by atoms with E-state index in [1.807, 2.05) is 12.1 Å². The van der Waals surface area contributed by atoms with Gasteiger partial charge in [0.05, 0.1) is 0 Å². The Morgan fingerprint density at radius 1 is 0.857 bits per heavy atom. The molecule has 1 nitrogen and oxygen atoms in total. The van der Waals surface area contributed by atoms with Gasteiger partial charge in [-0.15, -0.1) is 0 Å². The highest BCUT2D eigenvalue weighted by atomic mass is 16.1. The average Bonchev–Trinajstić information content (AvgIpc) is 3.31. The molecular formula is C20H22O. The van der Waals surface area contributed by atoms with Crippen molar-refractivity contribution in [1.29, 1.82) is 0 Å². The summed E-state index contributed by atoms with van der Waals surface area (Å²) in [6, 6.07) is 16.8. The van der Waals surface area contributed by atoms with Crippen molar-refractivity contribution in [3.8, 4) is 11.1 Å². The molecule has 21 heavy (non-hydrogen) atoms. The third kappa shape index (κ3) is 3.07. The fourth-order valence-electron chi connectivity index (χ4n) is 2.57. The number of hydrogen-bond acceptors (Lipinski definition) is 1. The number of benzene rings is 2. The van der Waals surface area contributed by atoms with E-state index < -0.39 is 0 Å². The standard InChI is InChI=1S/C20H22O/c1-20(2,3)18-12-10-15(11-13-18)14-4-6-16(7-5-14)19(21)17-8-9-17/h4-7,10-13,17H,8-9H2,1-3H3. The van der Waals surface area contributed by atoms with Crippen molar-refractivity contribution in [1.82, 2.24) is 0 Å². The van der Waals surface area contributed by atoms with Crippen LogP contribution in [0.5, 0.6) is 0 Å². The summed E-state index contributed by atoms with van der Waals surface area (Å²) in [7, 11) is 0. The Hall–Kier alpha value is -1.89. The van der Waals surface area contributed by atoms with Gasteiger partial charge in [-0.25, -0.2) is 0 Å². The van der Waals surface area contributed by atoms with Gasteiger partial charge in [0.2, 0.25) is 0 Å². The van der Waals surface area contributed by atoms with Crippen LogP contribution in [0.2, 0.25) is 0 Å². The predicted molar refractivity (Wildman–Crippen MR) is 87.6 cm³/mol. The van der Waals surface area contributed by atoms with Crippen LogP contribution in [0.1, 0.15) is 49.5 Å². The van der Waals surface area contributed by atoms with Crippen LogP contribution in [0.15, 0.2) is 48.5 Å². The second-order valence-electron chi connectivity index (χ2n) is 7.04. The maximum atomic E-state index is 12.0.